The first-order valence-electron chi connectivity index (χ1n) is 6.52. The zero-order valence-corrected chi connectivity index (χ0v) is 11.8. The van der Waals surface area contributed by atoms with E-state index >= 15 is 0 Å². The van der Waals surface area contributed by atoms with Crippen molar-refractivity contribution in [2.75, 3.05) is 18.1 Å². The van der Waals surface area contributed by atoms with Crippen molar-refractivity contribution in [1.82, 2.24) is 9.89 Å². The number of nitrogens with zero attached hydrogens (tertiary/aromatic N) is 3. The summed E-state index contributed by atoms with van der Waals surface area (Å²) in [6, 6.07) is 5.06. The molecule has 6 nitrogen and oxygen atoms in total. The predicted molar refractivity (Wildman–Crippen MR) is 75.7 cm³/mol. The maximum Gasteiger partial charge on any atom is 0.308 e. The van der Waals surface area contributed by atoms with Crippen LogP contribution in [0.4, 0.5) is 0 Å². The summed E-state index contributed by atoms with van der Waals surface area (Å²) in [6.45, 7) is 6.80. The van der Waals surface area contributed by atoms with E-state index in [2.05, 4.69) is 5.10 Å². The Labute approximate surface area is 116 Å². The number of aromatic nitrogens is 2. The first kappa shape index (κ1) is 14.0. The number of rotatable bonds is 5. The Kier molecular flexibility index (Phi) is 4.02. The molecule has 0 saturated carbocycles. The minimum atomic E-state index is -0.395. The van der Waals surface area contributed by atoms with Gasteiger partial charge in [-0.3, -0.25) is 14.6 Å². The quantitative estimate of drug-likeness (QED) is 0.472. The Morgan fingerprint density at radius 1 is 1.40 bits per heavy atom. The highest BCUT2D eigenvalue weighted by atomic mass is 16.5. The molecule has 0 unspecified atom stereocenters. The number of carbonyl (C=O) groups is 2. The van der Waals surface area contributed by atoms with E-state index in [0.717, 1.165) is 19.4 Å². The summed E-state index contributed by atoms with van der Waals surface area (Å²) in [4.78, 5) is 24.0. The summed E-state index contributed by atoms with van der Waals surface area (Å²) in [5.74, 6) is 0.0142. The number of aldehydes is 1. The summed E-state index contributed by atoms with van der Waals surface area (Å²) in [7, 11) is 0. The van der Waals surface area contributed by atoms with Gasteiger partial charge in [-0.1, -0.05) is 0 Å². The third kappa shape index (κ3) is 2.49. The van der Waals surface area contributed by atoms with Gasteiger partial charge in [0, 0.05) is 25.4 Å². The van der Waals surface area contributed by atoms with Crippen LogP contribution in [-0.2, 0) is 4.79 Å². The molecule has 0 spiro atoms. The summed E-state index contributed by atoms with van der Waals surface area (Å²) in [5.41, 5.74) is 1.15. The van der Waals surface area contributed by atoms with Crippen LogP contribution in [0.2, 0.25) is 0 Å². The second-order valence-corrected chi connectivity index (χ2v) is 4.30. The van der Waals surface area contributed by atoms with Crippen LogP contribution in [0.1, 0.15) is 31.3 Å². The van der Waals surface area contributed by atoms with Gasteiger partial charge in [0.05, 0.1) is 5.52 Å². The van der Waals surface area contributed by atoms with Crippen molar-refractivity contribution in [1.29, 1.82) is 0 Å². The lowest BCUT2D eigenvalue weighted by Gasteiger charge is -2.21. The van der Waals surface area contributed by atoms with Gasteiger partial charge < -0.3 is 4.74 Å². The second kappa shape index (κ2) is 5.73. The Morgan fingerprint density at radius 2 is 2.10 bits per heavy atom. The number of esters is 1. The van der Waals surface area contributed by atoms with Gasteiger partial charge in [0.25, 0.3) is 0 Å². The largest absolute Gasteiger partial charge is 0.427 e. The number of hydrogen-bond acceptors (Lipinski definition) is 5. The van der Waals surface area contributed by atoms with Crippen molar-refractivity contribution in [2.24, 2.45) is 0 Å². The molecule has 0 aliphatic rings. The van der Waals surface area contributed by atoms with Gasteiger partial charge in [-0.15, -0.1) is 0 Å². The third-order valence-electron chi connectivity index (χ3n) is 3.03. The van der Waals surface area contributed by atoms with Crippen molar-refractivity contribution in [3.05, 3.63) is 23.9 Å². The molecule has 1 heterocycles. The first-order valence-corrected chi connectivity index (χ1v) is 6.52. The van der Waals surface area contributed by atoms with E-state index in [-0.39, 0.29) is 0 Å². The molecule has 0 amide bonds. The fourth-order valence-electron chi connectivity index (χ4n) is 2.12. The van der Waals surface area contributed by atoms with Gasteiger partial charge in [-0.25, -0.2) is 0 Å². The van der Waals surface area contributed by atoms with Gasteiger partial charge in [0.2, 0.25) is 0 Å². The van der Waals surface area contributed by atoms with Crippen LogP contribution in [0.3, 0.4) is 0 Å². The summed E-state index contributed by atoms with van der Waals surface area (Å²) in [6.07, 6.45) is 0.769. The minimum Gasteiger partial charge on any atom is -0.427 e. The molecule has 2 rings (SSSR count). The van der Waals surface area contributed by atoms with E-state index in [9.17, 15) is 9.59 Å². The molecule has 0 aliphatic carbocycles. The van der Waals surface area contributed by atoms with E-state index in [1.54, 1.807) is 23.0 Å². The van der Waals surface area contributed by atoms with E-state index < -0.39 is 5.97 Å². The first-order chi connectivity index (χ1) is 9.60. The van der Waals surface area contributed by atoms with Crippen LogP contribution < -0.4 is 9.75 Å². The van der Waals surface area contributed by atoms with Crippen LogP contribution >= 0.6 is 0 Å². The molecule has 6 heteroatoms. The highest BCUT2D eigenvalue weighted by Crippen LogP contribution is 2.23. The highest BCUT2D eigenvalue weighted by Gasteiger charge is 2.15. The molecule has 0 radical (unpaired) electrons. The van der Waals surface area contributed by atoms with Gasteiger partial charge >= 0.3 is 5.97 Å². The average molecular weight is 275 g/mol. The Morgan fingerprint density at radius 3 is 2.65 bits per heavy atom. The maximum atomic E-state index is 11.4. The fourth-order valence-corrected chi connectivity index (χ4v) is 2.12. The monoisotopic (exact) mass is 275 g/mol. The highest BCUT2D eigenvalue weighted by molar-refractivity contribution is 5.96. The molecular weight excluding hydrogens is 258 g/mol. The van der Waals surface area contributed by atoms with Gasteiger partial charge in [0.15, 0.2) is 6.29 Å². The fraction of sp³-hybridized carbons (Fsp3) is 0.357. The third-order valence-corrected chi connectivity index (χ3v) is 3.03. The van der Waals surface area contributed by atoms with E-state index in [1.165, 1.54) is 6.92 Å². The van der Waals surface area contributed by atoms with Crippen LogP contribution in [0.25, 0.3) is 10.9 Å². The van der Waals surface area contributed by atoms with Crippen molar-refractivity contribution >= 4 is 23.2 Å². The lowest BCUT2D eigenvalue weighted by Crippen LogP contribution is -2.36. The predicted octanol–water partition coefficient (Wildman–Crippen LogP) is 1.75. The molecule has 20 heavy (non-hydrogen) atoms. The summed E-state index contributed by atoms with van der Waals surface area (Å²) in [5, 5.41) is 7.03. The number of carbonyl (C=O) groups excluding carboxylic acids is 2. The van der Waals surface area contributed by atoms with E-state index in [0.29, 0.717) is 22.3 Å². The second-order valence-electron chi connectivity index (χ2n) is 4.30. The van der Waals surface area contributed by atoms with Crippen molar-refractivity contribution in [2.45, 2.75) is 20.8 Å². The zero-order chi connectivity index (χ0) is 14.7. The maximum absolute atomic E-state index is 11.4. The average Bonchev–Trinajstić information content (AvgIpc) is 2.77. The smallest absolute Gasteiger partial charge is 0.308 e. The SMILES string of the molecule is CCN(CC)n1nc2ccc(OC(C)=O)cc2c1C=O. The Balaban J connectivity index is 2.57. The molecule has 0 saturated heterocycles. The van der Waals surface area contributed by atoms with Crippen molar-refractivity contribution in [3.63, 3.8) is 0 Å². The molecule has 1 aromatic heterocycles. The molecule has 0 N–H and O–H groups in total. The number of benzene rings is 1. The van der Waals surface area contributed by atoms with E-state index in [1.807, 2.05) is 18.9 Å². The standard InChI is InChI=1S/C14H17N3O3/c1-4-16(5-2)17-14(9-18)12-8-11(20-10(3)19)6-7-13(12)15-17/h6-9H,4-5H2,1-3H3. The molecule has 0 atom stereocenters. The Bertz CT molecular complexity index is 644. The van der Waals surface area contributed by atoms with Crippen LogP contribution in [-0.4, -0.2) is 35.2 Å². The van der Waals surface area contributed by atoms with Crippen molar-refractivity contribution < 1.29 is 14.3 Å². The van der Waals surface area contributed by atoms with Gasteiger partial charge in [-0.2, -0.15) is 9.89 Å². The van der Waals surface area contributed by atoms with Crippen LogP contribution in [0, 0.1) is 0 Å². The lowest BCUT2D eigenvalue weighted by molar-refractivity contribution is -0.131. The normalized spacial score (nSPS) is 10.6. The molecule has 106 valence electrons. The zero-order valence-electron chi connectivity index (χ0n) is 11.8. The van der Waals surface area contributed by atoms with Gasteiger partial charge in [-0.05, 0) is 32.0 Å². The molecule has 0 bridgehead atoms. The molecule has 2 aromatic rings. The molecule has 0 aliphatic heterocycles. The number of fused-ring (bicyclic) bond motifs is 1. The van der Waals surface area contributed by atoms with E-state index in [4.69, 9.17) is 4.74 Å². The van der Waals surface area contributed by atoms with Gasteiger partial charge in [0.1, 0.15) is 11.4 Å². The molecular formula is C14H17N3O3. The molecule has 0 fully saturated rings. The lowest BCUT2D eigenvalue weighted by atomic mass is 10.2. The minimum absolute atomic E-state index is 0.395. The van der Waals surface area contributed by atoms with Crippen molar-refractivity contribution in [3.8, 4) is 5.75 Å². The van der Waals surface area contributed by atoms with Crippen LogP contribution in [0.15, 0.2) is 18.2 Å². The Hall–Kier alpha value is -2.37. The summed E-state index contributed by atoms with van der Waals surface area (Å²) < 4.78 is 5.04. The van der Waals surface area contributed by atoms with Crippen LogP contribution in [0.5, 0.6) is 5.75 Å². The number of ether oxygens (including phenoxy) is 1. The number of hydrogen-bond donors (Lipinski definition) is 0. The topological polar surface area (TPSA) is 64.4 Å². The summed E-state index contributed by atoms with van der Waals surface area (Å²) >= 11 is 0. The molecule has 1 aromatic carbocycles.